The molecule has 0 saturated heterocycles. The van der Waals surface area contributed by atoms with Crippen molar-refractivity contribution >= 4 is 17.3 Å². The highest BCUT2D eigenvalue weighted by Gasteiger charge is 2.14. The fourth-order valence-corrected chi connectivity index (χ4v) is 2.29. The van der Waals surface area contributed by atoms with Crippen molar-refractivity contribution in [3.05, 3.63) is 52.8 Å². The molecule has 1 aromatic heterocycles. The third-order valence-corrected chi connectivity index (χ3v) is 3.26. The number of nitrogens with zero attached hydrogens (tertiary/aromatic N) is 2. The highest BCUT2D eigenvalue weighted by molar-refractivity contribution is 6.33. The largest absolute Gasteiger partial charge is 0.399 e. The maximum Gasteiger partial charge on any atom is 0.259 e. The first-order chi connectivity index (χ1) is 10.0. The van der Waals surface area contributed by atoms with Crippen LogP contribution in [-0.4, -0.2) is 10.1 Å². The Labute approximate surface area is 125 Å². The van der Waals surface area contributed by atoms with Crippen LogP contribution in [0.4, 0.5) is 10.1 Å². The minimum absolute atomic E-state index is 0.261. The van der Waals surface area contributed by atoms with Crippen molar-refractivity contribution in [3.63, 3.8) is 0 Å². The zero-order valence-electron chi connectivity index (χ0n) is 11.1. The van der Waals surface area contributed by atoms with Crippen molar-refractivity contribution in [2.45, 2.75) is 6.92 Å². The zero-order valence-corrected chi connectivity index (χ0v) is 11.9. The molecule has 2 N–H and O–H groups in total. The Balaban J connectivity index is 2.03. The van der Waals surface area contributed by atoms with Gasteiger partial charge in [-0.2, -0.15) is 4.98 Å². The van der Waals surface area contributed by atoms with Crippen LogP contribution in [0.2, 0.25) is 5.02 Å². The molecule has 3 aromatic rings. The maximum atomic E-state index is 13.4. The van der Waals surface area contributed by atoms with E-state index in [9.17, 15) is 4.39 Å². The summed E-state index contributed by atoms with van der Waals surface area (Å²) in [5, 5.41) is 4.28. The van der Waals surface area contributed by atoms with Crippen molar-refractivity contribution in [1.29, 1.82) is 0 Å². The summed E-state index contributed by atoms with van der Waals surface area (Å²) in [6.07, 6.45) is 0. The van der Waals surface area contributed by atoms with Gasteiger partial charge in [-0.1, -0.05) is 16.8 Å². The van der Waals surface area contributed by atoms with E-state index in [0.29, 0.717) is 27.7 Å². The number of rotatable bonds is 2. The van der Waals surface area contributed by atoms with Gasteiger partial charge in [0.15, 0.2) is 0 Å². The average Bonchev–Trinajstić information content (AvgIpc) is 2.87. The molecule has 0 amide bonds. The molecule has 3 rings (SSSR count). The molecule has 0 spiro atoms. The lowest BCUT2D eigenvalue weighted by atomic mass is 10.1. The number of benzene rings is 2. The highest BCUT2D eigenvalue weighted by atomic mass is 35.5. The minimum Gasteiger partial charge on any atom is -0.399 e. The third kappa shape index (κ3) is 2.73. The summed E-state index contributed by atoms with van der Waals surface area (Å²) >= 11 is 6.10. The molecule has 0 aliphatic heterocycles. The quantitative estimate of drug-likeness (QED) is 0.724. The van der Waals surface area contributed by atoms with Crippen LogP contribution < -0.4 is 5.73 Å². The predicted octanol–water partition coefficient (Wildman–Crippen LogP) is 4.09. The van der Waals surface area contributed by atoms with E-state index in [1.54, 1.807) is 31.2 Å². The standard InChI is InChI=1S/C15H11ClFN3O/c1-8-4-9(6-10(17)5-8)14-19-15(21-20-14)12-3-2-11(18)7-13(12)16/h2-7H,18H2,1H3. The van der Waals surface area contributed by atoms with Crippen LogP contribution in [0.15, 0.2) is 40.9 Å². The van der Waals surface area contributed by atoms with E-state index < -0.39 is 0 Å². The van der Waals surface area contributed by atoms with Gasteiger partial charge >= 0.3 is 0 Å². The molecule has 0 unspecified atom stereocenters. The Morgan fingerprint density at radius 2 is 2.00 bits per heavy atom. The fourth-order valence-electron chi connectivity index (χ4n) is 2.02. The first-order valence-corrected chi connectivity index (χ1v) is 6.57. The summed E-state index contributed by atoms with van der Waals surface area (Å²) < 4.78 is 18.6. The molecule has 6 heteroatoms. The Bertz CT molecular complexity index is 796. The van der Waals surface area contributed by atoms with Crippen LogP contribution >= 0.6 is 11.6 Å². The molecule has 0 aliphatic carbocycles. The molecule has 0 radical (unpaired) electrons. The zero-order chi connectivity index (χ0) is 15.0. The second-order valence-electron chi connectivity index (χ2n) is 4.68. The van der Waals surface area contributed by atoms with Crippen LogP contribution in [0.3, 0.4) is 0 Å². The number of hydrogen-bond donors (Lipinski definition) is 1. The number of nitrogen functional groups attached to an aromatic ring is 1. The van der Waals surface area contributed by atoms with Gasteiger partial charge in [-0.3, -0.25) is 0 Å². The molecular weight excluding hydrogens is 293 g/mol. The first kappa shape index (κ1) is 13.6. The molecular formula is C15H11ClFN3O. The molecule has 0 bridgehead atoms. The summed E-state index contributed by atoms with van der Waals surface area (Å²) in [6.45, 7) is 1.80. The van der Waals surface area contributed by atoms with E-state index in [1.807, 2.05) is 0 Å². The summed E-state index contributed by atoms with van der Waals surface area (Å²) in [6, 6.07) is 9.56. The minimum atomic E-state index is -0.345. The van der Waals surface area contributed by atoms with Crippen molar-refractivity contribution in [1.82, 2.24) is 10.1 Å². The van der Waals surface area contributed by atoms with E-state index in [1.165, 1.54) is 12.1 Å². The molecule has 1 heterocycles. The van der Waals surface area contributed by atoms with E-state index in [4.69, 9.17) is 21.9 Å². The molecule has 0 fully saturated rings. The molecule has 4 nitrogen and oxygen atoms in total. The lowest BCUT2D eigenvalue weighted by Crippen LogP contribution is -1.87. The Morgan fingerprint density at radius 3 is 2.71 bits per heavy atom. The Kier molecular flexibility index (Phi) is 3.35. The van der Waals surface area contributed by atoms with Gasteiger partial charge in [0.25, 0.3) is 5.89 Å². The molecule has 106 valence electrons. The van der Waals surface area contributed by atoms with E-state index in [-0.39, 0.29) is 11.7 Å². The van der Waals surface area contributed by atoms with Gasteiger partial charge in [-0.05, 0) is 48.9 Å². The van der Waals surface area contributed by atoms with Gasteiger partial charge in [0, 0.05) is 11.3 Å². The smallest absolute Gasteiger partial charge is 0.259 e. The number of anilines is 1. The molecule has 0 atom stereocenters. The van der Waals surface area contributed by atoms with Gasteiger partial charge in [-0.25, -0.2) is 4.39 Å². The topological polar surface area (TPSA) is 64.9 Å². The second-order valence-corrected chi connectivity index (χ2v) is 5.09. The number of aromatic nitrogens is 2. The van der Waals surface area contributed by atoms with E-state index in [2.05, 4.69) is 10.1 Å². The van der Waals surface area contributed by atoms with Crippen LogP contribution in [-0.2, 0) is 0 Å². The SMILES string of the molecule is Cc1cc(F)cc(-c2noc(-c3ccc(N)cc3Cl)n2)c1. The van der Waals surface area contributed by atoms with Crippen molar-refractivity contribution in [3.8, 4) is 22.8 Å². The van der Waals surface area contributed by atoms with Gasteiger partial charge in [-0.15, -0.1) is 0 Å². The highest BCUT2D eigenvalue weighted by Crippen LogP contribution is 2.30. The molecule has 21 heavy (non-hydrogen) atoms. The first-order valence-electron chi connectivity index (χ1n) is 6.19. The lowest BCUT2D eigenvalue weighted by molar-refractivity contribution is 0.432. The predicted molar refractivity (Wildman–Crippen MR) is 79.3 cm³/mol. The number of nitrogens with two attached hydrogens (primary N) is 1. The normalized spacial score (nSPS) is 10.8. The van der Waals surface area contributed by atoms with Gasteiger partial charge in [0.1, 0.15) is 5.82 Å². The monoisotopic (exact) mass is 303 g/mol. The van der Waals surface area contributed by atoms with Crippen molar-refractivity contribution in [2.24, 2.45) is 0 Å². The van der Waals surface area contributed by atoms with Crippen molar-refractivity contribution in [2.75, 3.05) is 5.73 Å². The van der Waals surface area contributed by atoms with Crippen LogP contribution in [0.1, 0.15) is 5.56 Å². The number of hydrogen-bond acceptors (Lipinski definition) is 4. The maximum absolute atomic E-state index is 13.4. The average molecular weight is 304 g/mol. The number of aryl methyl sites for hydroxylation is 1. The second kappa shape index (κ2) is 5.18. The Hall–Kier alpha value is -2.40. The van der Waals surface area contributed by atoms with Gasteiger partial charge in [0.2, 0.25) is 5.82 Å². The number of halogens is 2. The summed E-state index contributed by atoms with van der Waals surface area (Å²) in [4.78, 5) is 4.25. The molecule has 0 saturated carbocycles. The van der Waals surface area contributed by atoms with Crippen LogP contribution in [0.5, 0.6) is 0 Å². The van der Waals surface area contributed by atoms with E-state index >= 15 is 0 Å². The van der Waals surface area contributed by atoms with Gasteiger partial charge < -0.3 is 10.3 Å². The van der Waals surface area contributed by atoms with Crippen LogP contribution in [0.25, 0.3) is 22.8 Å². The van der Waals surface area contributed by atoms with E-state index in [0.717, 1.165) is 5.56 Å². The van der Waals surface area contributed by atoms with Crippen LogP contribution in [0, 0.1) is 12.7 Å². The summed E-state index contributed by atoms with van der Waals surface area (Å²) in [7, 11) is 0. The fraction of sp³-hybridized carbons (Fsp3) is 0.0667. The third-order valence-electron chi connectivity index (χ3n) is 2.95. The molecule has 0 aliphatic rings. The van der Waals surface area contributed by atoms with Gasteiger partial charge in [0.05, 0.1) is 10.6 Å². The van der Waals surface area contributed by atoms with Crippen molar-refractivity contribution < 1.29 is 8.91 Å². The lowest BCUT2D eigenvalue weighted by Gasteiger charge is -1.99. The summed E-state index contributed by atoms with van der Waals surface area (Å²) in [5.74, 6) is 0.222. The molecule has 2 aromatic carbocycles. The Morgan fingerprint density at radius 1 is 1.19 bits per heavy atom. The summed E-state index contributed by atoms with van der Waals surface area (Å²) in [5.41, 5.74) is 8.10.